The van der Waals surface area contributed by atoms with Crippen molar-refractivity contribution < 1.29 is 9.90 Å². The molecule has 1 amide bonds. The molecule has 0 atom stereocenters. The summed E-state index contributed by atoms with van der Waals surface area (Å²) in [6.45, 7) is 2.61. The lowest BCUT2D eigenvalue weighted by atomic mass is 9.87. The molecule has 4 heteroatoms. The minimum atomic E-state index is -0.154. The van der Waals surface area contributed by atoms with Crippen LogP contribution in [0.2, 0.25) is 5.02 Å². The third-order valence-electron chi connectivity index (χ3n) is 3.74. The maximum Gasteiger partial charge on any atom is 0.252 e. The number of hydrogen-bond donors (Lipinski definition) is 2. The standard InChI is InChI=1S/C15H20ClNO2/c1-10-2-7-13(14(16)8-10)15(19)17-9-11-3-5-12(18)6-4-11/h2,7-8,11-12,18H,3-6,9H2,1H3,(H,17,19). The molecule has 1 aliphatic rings. The summed E-state index contributed by atoms with van der Waals surface area (Å²) in [6.07, 6.45) is 3.47. The second kappa shape index (κ2) is 6.40. The molecule has 1 saturated carbocycles. The Bertz CT molecular complexity index is 453. The van der Waals surface area contributed by atoms with Crippen LogP contribution in [0.15, 0.2) is 18.2 Å². The van der Waals surface area contributed by atoms with Crippen molar-refractivity contribution in [3.05, 3.63) is 34.3 Å². The van der Waals surface area contributed by atoms with Crippen LogP contribution in [0.5, 0.6) is 0 Å². The smallest absolute Gasteiger partial charge is 0.252 e. The first-order valence-electron chi connectivity index (χ1n) is 6.78. The first-order chi connectivity index (χ1) is 9.06. The van der Waals surface area contributed by atoms with Gasteiger partial charge in [-0.1, -0.05) is 17.7 Å². The molecule has 0 aromatic heterocycles. The third kappa shape index (κ3) is 3.95. The summed E-state index contributed by atoms with van der Waals surface area (Å²) in [7, 11) is 0. The monoisotopic (exact) mass is 281 g/mol. The van der Waals surface area contributed by atoms with Crippen molar-refractivity contribution in [1.29, 1.82) is 0 Å². The molecule has 104 valence electrons. The van der Waals surface area contributed by atoms with Gasteiger partial charge in [0.25, 0.3) is 5.91 Å². The number of halogens is 1. The second-order valence-electron chi connectivity index (χ2n) is 5.37. The van der Waals surface area contributed by atoms with E-state index in [1.807, 2.05) is 13.0 Å². The van der Waals surface area contributed by atoms with Gasteiger partial charge in [-0.05, 0) is 56.2 Å². The van der Waals surface area contributed by atoms with Gasteiger partial charge in [-0.25, -0.2) is 0 Å². The number of aliphatic hydroxyl groups is 1. The van der Waals surface area contributed by atoms with Crippen LogP contribution < -0.4 is 5.32 Å². The van der Waals surface area contributed by atoms with E-state index >= 15 is 0 Å². The van der Waals surface area contributed by atoms with Crippen molar-refractivity contribution in [2.75, 3.05) is 6.54 Å². The van der Waals surface area contributed by atoms with E-state index in [2.05, 4.69) is 5.32 Å². The van der Waals surface area contributed by atoms with Gasteiger partial charge in [0.1, 0.15) is 0 Å². The van der Waals surface area contributed by atoms with Gasteiger partial charge >= 0.3 is 0 Å². The lowest BCUT2D eigenvalue weighted by Crippen LogP contribution is -2.32. The van der Waals surface area contributed by atoms with Crippen molar-refractivity contribution in [3.63, 3.8) is 0 Å². The van der Waals surface area contributed by atoms with Gasteiger partial charge in [0, 0.05) is 6.54 Å². The summed E-state index contributed by atoms with van der Waals surface area (Å²) in [6, 6.07) is 5.45. The van der Waals surface area contributed by atoms with Crippen LogP contribution in [0.1, 0.15) is 41.6 Å². The second-order valence-corrected chi connectivity index (χ2v) is 5.78. The molecule has 19 heavy (non-hydrogen) atoms. The Morgan fingerprint density at radius 2 is 2.05 bits per heavy atom. The summed E-state index contributed by atoms with van der Waals surface area (Å²) in [5.41, 5.74) is 1.57. The highest BCUT2D eigenvalue weighted by Crippen LogP contribution is 2.24. The fourth-order valence-electron chi connectivity index (χ4n) is 2.49. The van der Waals surface area contributed by atoms with E-state index in [1.165, 1.54) is 0 Å². The quantitative estimate of drug-likeness (QED) is 0.895. The summed E-state index contributed by atoms with van der Waals surface area (Å²) >= 11 is 6.07. The number of nitrogens with one attached hydrogen (secondary N) is 1. The molecule has 1 aromatic rings. The maximum absolute atomic E-state index is 12.0. The fraction of sp³-hybridized carbons (Fsp3) is 0.533. The summed E-state index contributed by atoms with van der Waals surface area (Å²) in [4.78, 5) is 12.0. The van der Waals surface area contributed by atoms with Gasteiger partial charge in [0.15, 0.2) is 0 Å². The average Bonchev–Trinajstić information content (AvgIpc) is 2.37. The number of benzene rings is 1. The Labute approximate surface area is 119 Å². The van der Waals surface area contributed by atoms with Crippen LogP contribution >= 0.6 is 11.6 Å². The third-order valence-corrected chi connectivity index (χ3v) is 4.05. The highest BCUT2D eigenvalue weighted by molar-refractivity contribution is 6.33. The van der Waals surface area contributed by atoms with Gasteiger partial charge in [0.05, 0.1) is 16.7 Å². The van der Waals surface area contributed by atoms with Crippen LogP contribution in [-0.2, 0) is 0 Å². The molecular formula is C15H20ClNO2. The van der Waals surface area contributed by atoms with E-state index in [9.17, 15) is 9.90 Å². The van der Waals surface area contributed by atoms with E-state index in [0.717, 1.165) is 31.2 Å². The van der Waals surface area contributed by atoms with Crippen molar-refractivity contribution >= 4 is 17.5 Å². The molecule has 3 nitrogen and oxygen atoms in total. The van der Waals surface area contributed by atoms with Crippen LogP contribution in [0.25, 0.3) is 0 Å². The first-order valence-corrected chi connectivity index (χ1v) is 7.16. The van der Waals surface area contributed by atoms with Crippen LogP contribution in [0, 0.1) is 12.8 Å². The molecule has 0 spiro atoms. The number of aliphatic hydroxyl groups excluding tert-OH is 1. The minimum Gasteiger partial charge on any atom is -0.393 e. The normalized spacial score (nSPS) is 23.1. The number of rotatable bonds is 3. The predicted molar refractivity (Wildman–Crippen MR) is 76.5 cm³/mol. The van der Waals surface area contributed by atoms with Crippen molar-refractivity contribution in [2.24, 2.45) is 5.92 Å². The lowest BCUT2D eigenvalue weighted by molar-refractivity contribution is 0.0910. The Kier molecular flexibility index (Phi) is 4.83. The van der Waals surface area contributed by atoms with Gasteiger partial charge < -0.3 is 10.4 Å². The fourth-order valence-corrected chi connectivity index (χ4v) is 2.81. The molecule has 1 aliphatic carbocycles. The molecule has 0 aliphatic heterocycles. The Balaban J connectivity index is 1.87. The molecule has 1 aromatic carbocycles. The van der Waals surface area contributed by atoms with Gasteiger partial charge in [-0.2, -0.15) is 0 Å². The van der Waals surface area contributed by atoms with Gasteiger partial charge in [0.2, 0.25) is 0 Å². The molecule has 0 unspecified atom stereocenters. The topological polar surface area (TPSA) is 49.3 Å². The molecule has 1 fully saturated rings. The molecule has 0 saturated heterocycles. The maximum atomic E-state index is 12.0. The first kappa shape index (κ1) is 14.4. The van der Waals surface area contributed by atoms with Crippen molar-refractivity contribution in [2.45, 2.75) is 38.7 Å². The molecule has 0 bridgehead atoms. The van der Waals surface area contributed by atoms with E-state index in [1.54, 1.807) is 12.1 Å². The molecule has 2 N–H and O–H groups in total. The molecule has 0 radical (unpaired) electrons. The SMILES string of the molecule is Cc1ccc(C(=O)NCC2CCC(O)CC2)c(Cl)c1. The molecule has 0 heterocycles. The van der Waals surface area contributed by atoms with Gasteiger partial charge in [-0.15, -0.1) is 0 Å². The predicted octanol–water partition coefficient (Wildman–Crippen LogP) is 2.93. The van der Waals surface area contributed by atoms with Crippen molar-refractivity contribution in [3.8, 4) is 0 Å². The van der Waals surface area contributed by atoms with Crippen LogP contribution in [-0.4, -0.2) is 23.7 Å². The average molecular weight is 282 g/mol. The molecular weight excluding hydrogens is 262 g/mol. The Morgan fingerprint density at radius 1 is 1.37 bits per heavy atom. The zero-order valence-corrected chi connectivity index (χ0v) is 11.9. The van der Waals surface area contributed by atoms with Gasteiger partial charge in [-0.3, -0.25) is 4.79 Å². The number of carbonyl (C=O) groups is 1. The largest absolute Gasteiger partial charge is 0.393 e. The highest BCUT2D eigenvalue weighted by Gasteiger charge is 2.20. The number of hydrogen-bond acceptors (Lipinski definition) is 2. The Morgan fingerprint density at radius 3 is 2.68 bits per heavy atom. The van der Waals surface area contributed by atoms with Crippen LogP contribution in [0.3, 0.4) is 0 Å². The van der Waals surface area contributed by atoms with E-state index in [0.29, 0.717) is 23.0 Å². The summed E-state index contributed by atoms with van der Waals surface area (Å²) in [5, 5.41) is 12.9. The van der Waals surface area contributed by atoms with E-state index in [-0.39, 0.29) is 12.0 Å². The van der Waals surface area contributed by atoms with Crippen molar-refractivity contribution in [1.82, 2.24) is 5.32 Å². The summed E-state index contributed by atoms with van der Waals surface area (Å²) in [5.74, 6) is 0.354. The number of amides is 1. The Hall–Kier alpha value is -1.06. The zero-order chi connectivity index (χ0) is 13.8. The molecule has 2 rings (SSSR count). The summed E-state index contributed by atoms with van der Waals surface area (Å²) < 4.78 is 0. The van der Waals surface area contributed by atoms with E-state index in [4.69, 9.17) is 11.6 Å². The lowest BCUT2D eigenvalue weighted by Gasteiger charge is -2.25. The number of carbonyl (C=O) groups excluding carboxylic acids is 1. The zero-order valence-electron chi connectivity index (χ0n) is 11.2. The number of aryl methyl sites for hydroxylation is 1. The van der Waals surface area contributed by atoms with Crippen LogP contribution in [0.4, 0.5) is 0 Å². The van der Waals surface area contributed by atoms with E-state index < -0.39 is 0 Å². The minimum absolute atomic E-state index is 0.115. The highest BCUT2D eigenvalue weighted by atomic mass is 35.5.